The van der Waals surface area contributed by atoms with Gasteiger partial charge in [-0.1, -0.05) is 19.1 Å². The number of hydrogen-bond acceptors (Lipinski definition) is 6. The third kappa shape index (κ3) is 4.60. The highest BCUT2D eigenvalue weighted by Crippen LogP contribution is 2.22. The van der Waals surface area contributed by atoms with Gasteiger partial charge in [0.1, 0.15) is 0 Å². The zero-order valence-electron chi connectivity index (χ0n) is 16.3. The lowest BCUT2D eigenvalue weighted by Crippen LogP contribution is -2.32. The van der Waals surface area contributed by atoms with Crippen LogP contribution in [0.15, 0.2) is 48.5 Å². The van der Waals surface area contributed by atoms with Gasteiger partial charge in [0.2, 0.25) is 5.91 Å². The Hall–Kier alpha value is -3.81. The normalized spacial score (nSPS) is 12.5. The standard InChI is InChI=1S/C22H20N2O6/c1-2-19(26)23-15-9-7-14(8-10-15)18(25)13-30-20(27)11-12-24-21(28)16-5-3-4-6-17(16)22(24)29/h3-10H,2,11-13H2,1H3,(H,23,26). The zero-order valence-corrected chi connectivity index (χ0v) is 16.3. The molecule has 2 aromatic carbocycles. The average molecular weight is 408 g/mol. The first-order valence-electron chi connectivity index (χ1n) is 9.44. The molecule has 0 unspecified atom stereocenters. The summed E-state index contributed by atoms with van der Waals surface area (Å²) in [5, 5.41) is 2.67. The van der Waals surface area contributed by atoms with Gasteiger partial charge in [0.25, 0.3) is 11.8 Å². The van der Waals surface area contributed by atoms with E-state index >= 15 is 0 Å². The minimum atomic E-state index is -0.688. The second kappa shape index (κ2) is 9.13. The van der Waals surface area contributed by atoms with E-state index in [1.807, 2.05) is 0 Å². The average Bonchev–Trinajstić information content (AvgIpc) is 3.01. The first-order valence-corrected chi connectivity index (χ1v) is 9.44. The maximum atomic E-state index is 12.3. The highest BCUT2D eigenvalue weighted by Gasteiger charge is 2.35. The highest BCUT2D eigenvalue weighted by atomic mass is 16.5. The lowest BCUT2D eigenvalue weighted by molar-refractivity contribution is -0.142. The molecule has 0 saturated heterocycles. The Labute approximate surface area is 172 Å². The van der Waals surface area contributed by atoms with Crippen molar-refractivity contribution in [3.8, 4) is 0 Å². The minimum absolute atomic E-state index is 0.120. The summed E-state index contributed by atoms with van der Waals surface area (Å²) in [6.45, 7) is 1.16. The van der Waals surface area contributed by atoms with E-state index in [0.29, 0.717) is 28.8 Å². The summed E-state index contributed by atoms with van der Waals surface area (Å²) in [6, 6.07) is 12.7. The summed E-state index contributed by atoms with van der Waals surface area (Å²) < 4.78 is 4.97. The molecule has 0 aliphatic carbocycles. The minimum Gasteiger partial charge on any atom is -0.457 e. The smallest absolute Gasteiger partial charge is 0.308 e. The third-order valence-corrected chi connectivity index (χ3v) is 4.59. The van der Waals surface area contributed by atoms with Crippen molar-refractivity contribution in [1.82, 2.24) is 4.90 Å². The Morgan fingerprint density at radius 2 is 1.53 bits per heavy atom. The van der Waals surface area contributed by atoms with Crippen molar-refractivity contribution in [2.24, 2.45) is 0 Å². The number of nitrogens with one attached hydrogen (secondary N) is 1. The number of esters is 1. The first-order chi connectivity index (χ1) is 14.4. The molecule has 3 rings (SSSR count). The van der Waals surface area contributed by atoms with Crippen molar-refractivity contribution in [3.63, 3.8) is 0 Å². The lowest BCUT2D eigenvalue weighted by atomic mass is 10.1. The van der Waals surface area contributed by atoms with Gasteiger partial charge >= 0.3 is 5.97 Å². The summed E-state index contributed by atoms with van der Waals surface area (Å²) in [5.74, 6) is -2.13. The van der Waals surface area contributed by atoms with Crippen LogP contribution in [0, 0.1) is 0 Å². The van der Waals surface area contributed by atoms with Crippen molar-refractivity contribution in [2.45, 2.75) is 19.8 Å². The number of fused-ring (bicyclic) bond motifs is 1. The second-order valence-corrected chi connectivity index (χ2v) is 6.62. The van der Waals surface area contributed by atoms with Crippen LogP contribution in [0.5, 0.6) is 0 Å². The molecule has 0 saturated carbocycles. The van der Waals surface area contributed by atoms with Gasteiger partial charge in [-0.2, -0.15) is 0 Å². The molecule has 154 valence electrons. The van der Waals surface area contributed by atoms with Gasteiger partial charge in [-0.15, -0.1) is 0 Å². The van der Waals surface area contributed by atoms with E-state index in [1.165, 1.54) is 12.1 Å². The number of nitrogens with zero attached hydrogens (tertiary/aromatic N) is 1. The molecule has 0 fully saturated rings. The van der Waals surface area contributed by atoms with Crippen LogP contribution < -0.4 is 5.32 Å². The Morgan fingerprint density at radius 1 is 0.933 bits per heavy atom. The van der Waals surface area contributed by atoms with E-state index in [-0.39, 0.29) is 18.9 Å². The van der Waals surface area contributed by atoms with Gasteiger partial charge in [-0.05, 0) is 36.4 Å². The van der Waals surface area contributed by atoms with E-state index in [2.05, 4.69) is 5.32 Å². The molecule has 8 nitrogen and oxygen atoms in total. The molecule has 1 aliphatic heterocycles. The maximum absolute atomic E-state index is 12.3. The monoisotopic (exact) mass is 408 g/mol. The molecule has 0 aromatic heterocycles. The van der Waals surface area contributed by atoms with E-state index in [0.717, 1.165) is 4.90 Å². The van der Waals surface area contributed by atoms with Gasteiger partial charge in [0, 0.05) is 24.2 Å². The fraction of sp³-hybridized carbons (Fsp3) is 0.227. The summed E-state index contributed by atoms with van der Waals surface area (Å²) in [7, 11) is 0. The SMILES string of the molecule is CCC(=O)Nc1ccc(C(=O)COC(=O)CCN2C(=O)c3ccccc3C2=O)cc1. The largest absolute Gasteiger partial charge is 0.457 e. The van der Waals surface area contributed by atoms with Crippen LogP contribution in [0.4, 0.5) is 5.69 Å². The molecule has 3 amide bonds. The van der Waals surface area contributed by atoms with Crippen molar-refractivity contribution >= 4 is 35.2 Å². The van der Waals surface area contributed by atoms with E-state index in [9.17, 15) is 24.0 Å². The van der Waals surface area contributed by atoms with Crippen LogP contribution in [-0.2, 0) is 14.3 Å². The Bertz CT molecular complexity index is 978. The number of amides is 3. The van der Waals surface area contributed by atoms with E-state index < -0.39 is 30.2 Å². The Balaban J connectivity index is 1.47. The zero-order chi connectivity index (χ0) is 21.7. The van der Waals surface area contributed by atoms with E-state index in [1.54, 1.807) is 43.3 Å². The number of rotatable bonds is 8. The highest BCUT2D eigenvalue weighted by molar-refractivity contribution is 6.21. The molecule has 2 aromatic rings. The molecular formula is C22H20N2O6. The molecule has 1 aliphatic rings. The van der Waals surface area contributed by atoms with Gasteiger partial charge < -0.3 is 10.1 Å². The number of Topliss-reactive ketones (excluding diaryl/α,β-unsaturated/α-hetero) is 1. The number of imide groups is 1. The fourth-order valence-corrected chi connectivity index (χ4v) is 2.94. The van der Waals surface area contributed by atoms with Gasteiger partial charge in [-0.3, -0.25) is 28.9 Å². The number of hydrogen-bond donors (Lipinski definition) is 1. The summed E-state index contributed by atoms with van der Waals surface area (Å²) >= 11 is 0. The molecule has 30 heavy (non-hydrogen) atoms. The quantitative estimate of drug-likeness (QED) is 0.408. The van der Waals surface area contributed by atoms with E-state index in [4.69, 9.17) is 4.74 Å². The van der Waals surface area contributed by atoms with Crippen LogP contribution in [0.25, 0.3) is 0 Å². The Morgan fingerprint density at radius 3 is 2.10 bits per heavy atom. The summed E-state index contributed by atoms with van der Waals surface area (Å²) in [5.41, 5.74) is 1.52. The van der Waals surface area contributed by atoms with Crippen LogP contribution in [-0.4, -0.2) is 47.5 Å². The summed E-state index contributed by atoms with van der Waals surface area (Å²) in [4.78, 5) is 61.0. The van der Waals surface area contributed by atoms with Crippen molar-refractivity contribution in [1.29, 1.82) is 0 Å². The number of carbonyl (C=O) groups is 5. The topological polar surface area (TPSA) is 110 Å². The van der Waals surface area contributed by atoms with Gasteiger partial charge in [0.15, 0.2) is 12.4 Å². The molecule has 0 atom stereocenters. The van der Waals surface area contributed by atoms with Gasteiger partial charge in [-0.25, -0.2) is 0 Å². The Kier molecular flexibility index (Phi) is 6.36. The maximum Gasteiger partial charge on any atom is 0.308 e. The fourth-order valence-electron chi connectivity index (χ4n) is 2.94. The number of ketones is 1. The molecular weight excluding hydrogens is 388 g/mol. The van der Waals surface area contributed by atoms with Crippen LogP contribution in [0.1, 0.15) is 50.8 Å². The predicted octanol–water partition coefficient (Wildman–Crippen LogP) is 2.45. The third-order valence-electron chi connectivity index (χ3n) is 4.59. The van der Waals surface area contributed by atoms with Crippen LogP contribution in [0.2, 0.25) is 0 Å². The molecule has 1 heterocycles. The molecule has 0 bridgehead atoms. The number of anilines is 1. The van der Waals surface area contributed by atoms with Crippen LogP contribution >= 0.6 is 0 Å². The number of carbonyl (C=O) groups excluding carboxylic acids is 5. The van der Waals surface area contributed by atoms with Crippen LogP contribution in [0.3, 0.4) is 0 Å². The molecule has 1 N–H and O–H groups in total. The van der Waals surface area contributed by atoms with Crippen molar-refractivity contribution in [2.75, 3.05) is 18.5 Å². The predicted molar refractivity (Wildman–Crippen MR) is 107 cm³/mol. The molecule has 0 radical (unpaired) electrons. The first kappa shape index (κ1) is 20.9. The van der Waals surface area contributed by atoms with Gasteiger partial charge in [0.05, 0.1) is 17.5 Å². The number of benzene rings is 2. The lowest BCUT2D eigenvalue weighted by Gasteiger charge is -2.13. The molecule has 0 spiro atoms. The molecule has 8 heteroatoms. The number of ether oxygens (including phenoxy) is 1. The summed E-state index contributed by atoms with van der Waals surface area (Å²) in [6.07, 6.45) is 0.137. The second-order valence-electron chi connectivity index (χ2n) is 6.62. The van der Waals surface area contributed by atoms with Crippen molar-refractivity contribution in [3.05, 3.63) is 65.2 Å². The van der Waals surface area contributed by atoms with Crippen molar-refractivity contribution < 1.29 is 28.7 Å².